The van der Waals surface area contributed by atoms with E-state index in [0.29, 0.717) is 0 Å². The van der Waals surface area contributed by atoms with Gasteiger partial charge in [0, 0.05) is 0 Å². The van der Waals surface area contributed by atoms with Gasteiger partial charge in [-0.3, -0.25) is 0 Å². The first-order chi connectivity index (χ1) is 8.29. The van der Waals surface area contributed by atoms with Gasteiger partial charge in [0.25, 0.3) is 0 Å². The Morgan fingerprint density at radius 2 is 2.28 bits per heavy atom. The van der Waals surface area contributed by atoms with Crippen LogP contribution in [-0.2, 0) is 11.3 Å². The molecule has 1 aromatic heterocycles. The normalized spacial score (nSPS) is 11.1. The lowest BCUT2D eigenvalue weighted by molar-refractivity contribution is -0.392. The highest BCUT2D eigenvalue weighted by Crippen LogP contribution is 2.08. The lowest BCUT2D eigenvalue weighted by Crippen LogP contribution is -2.34. The largest absolute Gasteiger partial charge is 0.444 e. The number of carbonyl (C=O) groups excluding carboxylic acids is 1. The maximum atomic E-state index is 11.3. The molecule has 8 heteroatoms. The molecule has 0 atom stereocenters. The van der Waals surface area contributed by atoms with Gasteiger partial charge >= 0.3 is 11.9 Å². The van der Waals surface area contributed by atoms with Gasteiger partial charge in [0.15, 0.2) is 0 Å². The summed E-state index contributed by atoms with van der Waals surface area (Å²) < 4.78 is 6.23. The molecule has 0 aliphatic carbocycles. The Labute approximate surface area is 104 Å². The molecule has 0 fully saturated rings. The van der Waals surface area contributed by atoms with E-state index in [2.05, 4.69) is 10.4 Å². The van der Waals surface area contributed by atoms with Crippen molar-refractivity contribution in [1.29, 1.82) is 0 Å². The van der Waals surface area contributed by atoms with E-state index in [0.717, 1.165) is 0 Å². The minimum atomic E-state index is -0.568. The van der Waals surface area contributed by atoms with Crippen LogP contribution in [0.3, 0.4) is 0 Å². The van der Waals surface area contributed by atoms with Crippen LogP contribution in [0, 0.1) is 10.1 Å². The third kappa shape index (κ3) is 4.40. The SMILES string of the molecule is CC(C)(C)OC(=O)NCCn1nccc1[N+](=O)[O-]. The van der Waals surface area contributed by atoms with Gasteiger partial charge in [0.05, 0.1) is 18.8 Å². The molecule has 1 aromatic rings. The van der Waals surface area contributed by atoms with Crippen molar-refractivity contribution in [2.24, 2.45) is 0 Å². The van der Waals surface area contributed by atoms with Gasteiger partial charge in [-0.05, 0) is 25.7 Å². The van der Waals surface area contributed by atoms with Crippen molar-refractivity contribution in [3.8, 4) is 0 Å². The van der Waals surface area contributed by atoms with Gasteiger partial charge in [-0.1, -0.05) is 5.10 Å². The van der Waals surface area contributed by atoms with Crippen LogP contribution >= 0.6 is 0 Å². The van der Waals surface area contributed by atoms with E-state index in [4.69, 9.17) is 4.74 Å². The molecule has 1 heterocycles. The molecule has 0 saturated heterocycles. The molecule has 0 bridgehead atoms. The molecular formula is C10H16N4O4. The quantitative estimate of drug-likeness (QED) is 0.646. The van der Waals surface area contributed by atoms with Gasteiger partial charge in [-0.25, -0.2) is 4.79 Å². The molecule has 100 valence electrons. The number of rotatable bonds is 4. The van der Waals surface area contributed by atoms with Crippen molar-refractivity contribution in [3.63, 3.8) is 0 Å². The van der Waals surface area contributed by atoms with Crippen molar-refractivity contribution in [2.75, 3.05) is 6.54 Å². The fourth-order valence-corrected chi connectivity index (χ4v) is 1.23. The number of amides is 1. The van der Waals surface area contributed by atoms with Gasteiger partial charge < -0.3 is 20.2 Å². The van der Waals surface area contributed by atoms with E-state index in [1.54, 1.807) is 20.8 Å². The number of carbonyl (C=O) groups is 1. The molecule has 0 spiro atoms. The Morgan fingerprint density at radius 3 is 2.83 bits per heavy atom. The lowest BCUT2D eigenvalue weighted by atomic mass is 10.2. The highest BCUT2D eigenvalue weighted by atomic mass is 16.6. The number of aromatic nitrogens is 2. The summed E-state index contributed by atoms with van der Waals surface area (Å²) in [5, 5.41) is 16.9. The van der Waals surface area contributed by atoms with Crippen LogP contribution in [0.1, 0.15) is 20.8 Å². The van der Waals surface area contributed by atoms with Crippen LogP contribution < -0.4 is 5.32 Å². The van der Waals surface area contributed by atoms with Gasteiger partial charge in [-0.15, -0.1) is 4.68 Å². The number of hydrogen-bond acceptors (Lipinski definition) is 5. The van der Waals surface area contributed by atoms with Crippen molar-refractivity contribution >= 4 is 11.9 Å². The molecule has 8 nitrogen and oxygen atoms in total. The number of ether oxygens (including phenoxy) is 1. The Hall–Kier alpha value is -2.12. The monoisotopic (exact) mass is 256 g/mol. The standard InChI is InChI=1S/C10H16N4O4/c1-10(2,3)18-9(15)11-6-7-13-8(14(16)17)4-5-12-13/h4-5H,6-7H2,1-3H3,(H,11,15). The minimum Gasteiger partial charge on any atom is -0.444 e. The molecule has 0 aromatic carbocycles. The van der Waals surface area contributed by atoms with E-state index in [1.165, 1.54) is 16.9 Å². The molecular weight excluding hydrogens is 240 g/mol. The zero-order valence-corrected chi connectivity index (χ0v) is 10.5. The lowest BCUT2D eigenvalue weighted by Gasteiger charge is -2.19. The van der Waals surface area contributed by atoms with Crippen molar-refractivity contribution in [1.82, 2.24) is 15.1 Å². The first-order valence-electron chi connectivity index (χ1n) is 5.42. The van der Waals surface area contributed by atoms with E-state index in [-0.39, 0.29) is 18.9 Å². The average Bonchev–Trinajstić information content (AvgIpc) is 2.62. The minimum absolute atomic E-state index is 0.110. The summed E-state index contributed by atoms with van der Waals surface area (Å²) in [5.74, 6) is -0.110. The van der Waals surface area contributed by atoms with Crippen molar-refractivity contribution < 1.29 is 14.5 Å². The molecule has 1 amide bonds. The van der Waals surface area contributed by atoms with Gasteiger partial charge in [0.1, 0.15) is 12.1 Å². The van der Waals surface area contributed by atoms with Gasteiger partial charge in [0.2, 0.25) is 0 Å². The summed E-state index contributed by atoms with van der Waals surface area (Å²) in [7, 11) is 0. The Bertz CT molecular complexity index is 435. The molecule has 0 aliphatic rings. The fourth-order valence-electron chi connectivity index (χ4n) is 1.23. The predicted molar refractivity (Wildman–Crippen MR) is 63.1 cm³/mol. The maximum Gasteiger partial charge on any atom is 0.407 e. The fraction of sp³-hybridized carbons (Fsp3) is 0.600. The zero-order chi connectivity index (χ0) is 13.8. The second-order valence-electron chi connectivity index (χ2n) is 4.60. The summed E-state index contributed by atoms with van der Waals surface area (Å²) in [5.41, 5.74) is -0.568. The molecule has 0 saturated carbocycles. The highest BCUT2D eigenvalue weighted by Gasteiger charge is 2.17. The molecule has 1 rings (SSSR count). The number of hydrogen-bond donors (Lipinski definition) is 1. The summed E-state index contributed by atoms with van der Waals surface area (Å²) in [6, 6.07) is 1.30. The van der Waals surface area contributed by atoms with Crippen LogP contribution in [0.25, 0.3) is 0 Å². The zero-order valence-electron chi connectivity index (χ0n) is 10.5. The van der Waals surface area contributed by atoms with Crippen molar-refractivity contribution in [3.05, 3.63) is 22.4 Å². The second-order valence-corrected chi connectivity index (χ2v) is 4.60. The number of nitro groups is 1. The van der Waals surface area contributed by atoms with Crippen molar-refractivity contribution in [2.45, 2.75) is 32.9 Å². The summed E-state index contributed by atoms with van der Waals surface area (Å²) in [6.07, 6.45) is 0.781. The van der Waals surface area contributed by atoms with E-state index in [1.807, 2.05) is 0 Å². The second kappa shape index (κ2) is 5.48. The first-order valence-corrected chi connectivity index (χ1v) is 5.42. The highest BCUT2D eigenvalue weighted by molar-refractivity contribution is 5.67. The Balaban J connectivity index is 2.40. The molecule has 0 radical (unpaired) electrons. The number of nitrogens with one attached hydrogen (secondary N) is 1. The first kappa shape index (κ1) is 13.9. The molecule has 0 unspecified atom stereocenters. The molecule has 18 heavy (non-hydrogen) atoms. The third-order valence-electron chi connectivity index (χ3n) is 1.87. The van der Waals surface area contributed by atoms with Gasteiger partial charge in [-0.2, -0.15) is 0 Å². The predicted octanol–water partition coefficient (Wildman–Crippen LogP) is 1.32. The Morgan fingerprint density at radius 1 is 1.61 bits per heavy atom. The smallest absolute Gasteiger partial charge is 0.407 e. The van der Waals surface area contributed by atoms with Crippen LogP contribution in [0.5, 0.6) is 0 Å². The Kier molecular flexibility index (Phi) is 4.24. The van der Waals surface area contributed by atoms with E-state index in [9.17, 15) is 14.9 Å². The third-order valence-corrected chi connectivity index (χ3v) is 1.87. The molecule has 0 aliphatic heterocycles. The molecule has 1 N–H and O–H groups in total. The number of alkyl carbamates (subject to hydrolysis) is 1. The topological polar surface area (TPSA) is 99.3 Å². The van der Waals surface area contributed by atoms with E-state index >= 15 is 0 Å². The van der Waals surface area contributed by atoms with Crippen LogP contribution in [0.15, 0.2) is 12.3 Å². The van der Waals surface area contributed by atoms with Crippen LogP contribution in [-0.4, -0.2) is 32.9 Å². The maximum absolute atomic E-state index is 11.3. The number of nitrogens with zero attached hydrogens (tertiary/aromatic N) is 3. The summed E-state index contributed by atoms with van der Waals surface area (Å²) in [4.78, 5) is 21.4. The summed E-state index contributed by atoms with van der Waals surface area (Å²) >= 11 is 0. The summed E-state index contributed by atoms with van der Waals surface area (Å²) in [6.45, 7) is 5.68. The van der Waals surface area contributed by atoms with E-state index < -0.39 is 16.6 Å². The van der Waals surface area contributed by atoms with Crippen LogP contribution in [0.4, 0.5) is 10.6 Å². The van der Waals surface area contributed by atoms with Crippen LogP contribution in [0.2, 0.25) is 0 Å². The average molecular weight is 256 g/mol.